The van der Waals surface area contributed by atoms with Gasteiger partial charge in [0.05, 0.1) is 27.0 Å². The van der Waals surface area contributed by atoms with Crippen molar-refractivity contribution in [3.8, 4) is 0 Å². The second-order valence-electron chi connectivity index (χ2n) is 4.06. The molecule has 9 heteroatoms. The van der Waals surface area contributed by atoms with Gasteiger partial charge in [0.1, 0.15) is 11.6 Å². The average Bonchev–Trinajstić information content (AvgIpc) is 2.67. The Balaban J connectivity index is 2.59. The van der Waals surface area contributed by atoms with Crippen LogP contribution in [0.3, 0.4) is 0 Å². The van der Waals surface area contributed by atoms with Crippen LogP contribution < -0.4 is 0 Å². The quantitative estimate of drug-likeness (QED) is 0.404. The molecule has 1 aromatic heterocycles. The Kier molecular flexibility index (Phi) is 4.43. The average molecular weight is 425 g/mol. The van der Waals surface area contributed by atoms with Crippen LogP contribution in [0.1, 0.15) is 5.82 Å². The summed E-state index contributed by atoms with van der Waals surface area (Å²) in [6.07, 6.45) is -3.82. The molecule has 2 rings (SSSR count). The molecule has 0 aliphatic heterocycles. The third-order valence-electron chi connectivity index (χ3n) is 2.68. The Labute approximate surface area is 129 Å². The summed E-state index contributed by atoms with van der Waals surface area (Å²) in [5.74, 6) is -5.13. The summed E-state index contributed by atoms with van der Waals surface area (Å²) in [6, 6.07) is 2.33. The molecule has 110 valence electrons. The maximum absolute atomic E-state index is 13.5. The molecular formula is C11H7ClF5IN2. The van der Waals surface area contributed by atoms with Gasteiger partial charge in [0.15, 0.2) is 0 Å². The molecule has 0 amide bonds. The van der Waals surface area contributed by atoms with Gasteiger partial charge in [-0.25, -0.2) is 18.2 Å². The van der Waals surface area contributed by atoms with E-state index in [9.17, 15) is 22.0 Å². The van der Waals surface area contributed by atoms with Crippen molar-refractivity contribution in [2.45, 2.75) is 24.8 Å². The van der Waals surface area contributed by atoms with Crippen LogP contribution in [0, 0.1) is 9.39 Å². The number of imidazole rings is 1. The molecule has 0 N–H and O–H groups in total. The molecule has 0 fully saturated rings. The Bertz CT molecular complexity index is 643. The van der Waals surface area contributed by atoms with E-state index in [0.717, 1.165) is 10.6 Å². The number of nitrogens with zero attached hydrogens (tertiary/aromatic N) is 2. The summed E-state index contributed by atoms with van der Waals surface area (Å²) in [4.78, 5) is 3.96. The fourth-order valence-corrected chi connectivity index (χ4v) is 2.38. The zero-order valence-corrected chi connectivity index (χ0v) is 12.6. The number of benzene rings is 1. The van der Waals surface area contributed by atoms with E-state index in [1.54, 1.807) is 22.6 Å². The van der Waals surface area contributed by atoms with Crippen LogP contribution in [-0.2, 0) is 12.4 Å². The van der Waals surface area contributed by atoms with E-state index >= 15 is 0 Å². The molecule has 20 heavy (non-hydrogen) atoms. The van der Waals surface area contributed by atoms with Crippen LogP contribution in [0.4, 0.5) is 22.0 Å². The molecule has 2 aromatic rings. The minimum absolute atomic E-state index is 0.0107. The van der Waals surface area contributed by atoms with Crippen LogP contribution in [0.5, 0.6) is 0 Å². The standard InChI is InChI=1S/C11H7ClF5IN2/c12-3-9-19-7-2-6(18)5(13)1-8(7)20(9)4-11(16,17)10(14)15/h1-2,10H,3-4H2. The summed E-state index contributed by atoms with van der Waals surface area (Å²) in [5.41, 5.74) is 0.246. The Hall–Kier alpha value is -0.640. The molecule has 0 spiro atoms. The highest BCUT2D eigenvalue weighted by atomic mass is 127. The molecule has 0 atom stereocenters. The zero-order chi connectivity index (χ0) is 15.1. The third kappa shape index (κ3) is 2.85. The Morgan fingerprint density at radius 1 is 1.35 bits per heavy atom. The largest absolute Gasteiger partial charge is 0.324 e. The first-order valence-electron chi connectivity index (χ1n) is 5.32. The highest BCUT2D eigenvalue weighted by molar-refractivity contribution is 14.1. The van der Waals surface area contributed by atoms with Gasteiger partial charge in [0.2, 0.25) is 0 Å². The normalized spacial score (nSPS) is 12.6. The lowest BCUT2D eigenvalue weighted by Crippen LogP contribution is -2.32. The number of rotatable bonds is 4. The minimum Gasteiger partial charge on any atom is -0.321 e. The smallest absolute Gasteiger partial charge is 0.321 e. The molecule has 1 aromatic carbocycles. The van der Waals surface area contributed by atoms with E-state index in [4.69, 9.17) is 11.6 Å². The van der Waals surface area contributed by atoms with Crippen LogP contribution in [0.15, 0.2) is 12.1 Å². The third-order valence-corrected chi connectivity index (χ3v) is 3.74. The zero-order valence-electron chi connectivity index (χ0n) is 9.69. The number of halogens is 7. The summed E-state index contributed by atoms with van der Waals surface area (Å²) >= 11 is 7.30. The molecule has 0 saturated carbocycles. The van der Waals surface area contributed by atoms with Gasteiger partial charge in [0.25, 0.3) is 0 Å². The van der Waals surface area contributed by atoms with Gasteiger partial charge < -0.3 is 4.57 Å². The molecule has 0 aliphatic carbocycles. The van der Waals surface area contributed by atoms with Crippen molar-refractivity contribution in [2.24, 2.45) is 0 Å². The SMILES string of the molecule is Fc1cc2c(cc1I)nc(CCl)n2CC(F)(F)C(F)F. The monoisotopic (exact) mass is 424 g/mol. The van der Waals surface area contributed by atoms with E-state index in [1.807, 2.05) is 0 Å². The first-order chi connectivity index (χ1) is 9.26. The summed E-state index contributed by atoms with van der Waals surface area (Å²) in [5, 5.41) is 0. The summed E-state index contributed by atoms with van der Waals surface area (Å²) in [7, 11) is 0. The van der Waals surface area contributed by atoms with Gasteiger partial charge in [-0.2, -0.15) is 8.78 Å². The van der Waals surface area contributed by atoms with E-state index in [-0.39, 0.29) is 26.3 Å². The molecule has 0 unspecified atom stereocenters. The van der Waals surface area contributed by atoms with E-state index in [0.29, 0.717) is 0 Å². The number of fused-ring (bicyclic) bond motifs is 1. The lowest BCUT2D eigenvalue weighted by atomic mass is 10.3. The molecular weight excluding hydrogens is 417 g/mol. The lowest BCUT2D eigenvalue weighted by Gasteiger charge is -2.17. The Morgan fingerprint density at radius 3 is 2.55 bits per heavy atom. The van der Waals surface area contributed by atoms with E-state index in [1.165, 1.54) is 6.07 Å². The van der Waals surface area contributed by atoms with Crippen molar-refractivity contribution in [3.05, 3.63) is 27.3 Å². The van der Waals surface area contributed by atoms with Crippen molar-refractivity contribution in [3.63, 3.8) is 0 Å². The maximum Gasteiger partial charge on any atom is 0.324 e. The van der Waals surface area contributed by atoms with Crippen LogP contribution in [0.25, 0.3) is 11.0 Å². The molecule has 0 saturated heterocycles. The maximum atomic E-state index is 13.5. The highest BCUT2D eigenvalue weighted by Gasteiger charge is 2.42. The van der Waals surface area contributed by atoms with Crippen molar-refractivity contribution in [1.82, 2.24) is 9.55 Å². The first-order valence-corrected chi connectivity index (χ1v) is 6.93. The van der Waals surface area contributed by atoms with Crippen LogP contribution in [0.2, 0.25) is 0 Å². The first kappa shape index (κ1) is 15.7. The van der Waals surface area contributed by atoms with Crippen molar-refractivity contribution in [1.29, 1.82) is 0 Å². The predicted octanol–water partition coefficient (Wildman–Crippen LogP) is 4.42. The van der Waals surface area contributed by atoms with Crippen LogP contribution >= 0.6 is 34.2 Å². The highest BCUT2D eigenvalue weighted by Crippen LogP contribution is 2.29. The fraction of sp³-hybridized carbons (Fsp3) is 0.364. The predicted molar refractivity (Wildman–Crippen MR) is 72.9 cm³/mol. The van der Waals surface area contributed by atoms with Crippen molar-refractivity contribution >= 4 is 45.2 Å². The molecule has 0 bridgehead atoms. The van der Waals surface area contributed by atoms with Gasteiger partial charge in [-0.15, -0.1) is 11.6 Å². The van der Waals surface area contributed by atoms with Gasteiger partial charge in [-0.3, -0.25) is 0 Å². The van der Waals surface area contributed by atoms with Crippen LogP contribution in [-0.4, -0.2) is 21.9 Å². The van der Waals surface area contributed by atoms with Gasteiger partial charge >= 0.3 is 12.3 Å². The lowest BCUT2D eigenvalue weighted by molar-refractivity contribution is -0.137. The Morgan fingerprint density at radius 2 is 2.00 bits per heavy atom. The second kappa shape index (κ2) is 5.63. The topological polar surface area (TPSA) is 17.8 Å². The van der Waals surface area contributed by atoms with E-state index in [2.05, 4.69) is 4.98 Å². The van der Waals surface area contributed by atoms with Crippen molar-refractivity contribution in [2.75, 3.05) is 0 Å². The molecule has 0 radical (unpaired) electrons. The summed E-state index contributed by atoms with van der Waals surface area (Å²) in [6.45, 7) is -1.30. The minimum atomic E-state index is -4.24. The fourth-order valence-electron chi connectivity index (χ4n) is 1.73. The number of alkyl halides is 5. The number of aromatic nitrogens is 2. The van der Waals surface area contributed by atoms with E-state index < -0.39 is 24.7 Å². The number of hydrogen-bond acceptors (Lipinski definition) is 1. The van der Waals surface area contributed by atoms with Crippen molar-refractivity contribution < 1.29 is 22.0 Å². The summed E-state index contributed by atoms with van der Waals surface area (Å²) < 4.78 is 65.6. The number of hydrogen-bond donors (Lipinski definition) is 0. The van der Waals surface area contributed by atoms with Gasteiger partial charge in [-0.1, -0.05) is 0 Å². The molecule has 2 nitrogen and oxygen atoms in total. The molecule has 1 heterocycles. The molecule has 0 aliphatic rings. The van der Waals surface area contributed by atoms with Gasteiger partial charge in [0, 0.05) is 6.07 Å². The second-order valence-corrected chi connectivity index (χ2v) is 5.49. The van der Waals surface area contributed by atoms with Gasteiger partial charge in [-0.05, 0) is 28.7 Å².